The van der Waals surface area contributed by atoms with Gasteiger partial charge in [-0.1, -0.05) is 36.4 Å². The predicted octanol–water partition coefficient (Wildman–Crippen LogP) is 3.86. The molecule has 2 aromatic carbocycles. The van der Waals surface area contributed by atoms with E-state index in [2.05, 4.69) is 5.32 Å². The van der Waals surface area contributed by atoms with Gasteiger partial charge >= 0.3 is 6.03 Å². The summed E-state index contributed by atoms with van der Waals surface area (Å²) in [6.45, 7) is 3.05. The van der Waals surface area contributed by atoms with Gasteiger partial charge in [-0.25, -0.2) is 14.2 Å². The highest BCUT2D eigenvalue weighted by Crippen LogP contribution is 2.37. The standard InChI is InChI=1S/C22H24FN3O3/c1-16-7-8-18(13-19(16)23)24-21(28)25-11-9-22(10-12-25)14-20(27)26(29-22)15-17-5-3-2-4-6-17/h2-8,13H,9-12,14-15H2,1H3,(H,24,28). The third-order valence-corrected chi connectivity index (χ3v) is 5.61. The van der Waals surface area contributed by atoms with Gasteiger partial charge in [-0.05, 0) is 43.0 Å². The third-order valence-electron chi connectivity index (χ3n) is 5.61. The summed E-state index contributed by atoms with van der Waals surface area (Å²) in [7, 11) is 0. The Labute approximate surface area is 169 Å². The highest BCUT2D eigenvalue weighted by atomic mass is 19.1. The molecule has 1 spiro atoms. The van der Waals surface area contributed by atoms with Crippen LogP contribution in [0.25, 0.3) is 0 Å². The molecule has 2 heterocycles. The second-order valence-corrected chi connectivity index (χ2v) is 7.75. The van der Waals surface area contributed by atoms with E-state index >= 15 is 0 Å². The van der Waals surface area contributed by atoms with E-state index in [-0.39, 0.29) is 17.8 Å². The molecule has 0 aliphatic carbocycles. The molecule has 0 atom stereocenters. The van der Waals surface area contributed by atoms with Crippen molar-refractivity contribution in [3.8, 4) is 0 Å². The molecule has 2 aliphatic rings. The number of benzene rings is 2. The number of nitrogens with one attached hydrogen (secondary N) is 1. The van der Waals surface area contributed by atoms with Gasteiger partial charge in [-0.2, -0.15) is 0 Å². The second-order valence-electron chi connectivity index (χ2n) is 7.75. The lowest BCUT2D eigenvalue weighted by Crippen LogP contribution is -2.48. The van der Waals surface area contributed by atoms with Crippen LogP contribution in [-0.4, -0.2) is 40.6 Å². The zero-order valence-electron chi connectivity index (χ0n) is 16.4. The smallest absolute Gasteiger partial charge is 0.321 e. The zero-order chi connectivity index (χ0) is 20.4. The maximum Gasteiger partial charge on any atom is 0.321 e. The topological polar surface area (TPSA) is 61.9 Å². The molecular formula is C22H24FN3O3. The normalized spacial score (nSPS) is 18.3. The summed E-state index contributed by atoms with van der Waals surface area (Å²) in [6.07, 6.45) is 1.50. The van der Waals surface area contributed by atoms with E-state index in [1.54, 1.807) is 24.0 Å². The fraction of sp³-hybridized carbons (Fsp3) is 0.364. The van der Waals surface area contributed by atoms with Crippen molar-refractivity contribution >= 4 is 17.6 Å². The van der Waals surface area contributed by atoms with Crippen LogP contribution in [0.3, 0.4) is 0 Å². The predicted molar refractivity (Wildman–Crippen MR) is 106 cm³/mol. The summed E-state index contributed by atoms with van der Waals surface area (Å²) in [6, 6.07) is 14.1. The van der Waals surface area contributed by atoms with Crippen LogP contribution < -0.4 is 5.32 Å². The molecule has 2 aromatic rings. The van der Waals surface area contributed by atoms with E-state index in [1.165, 1.54) is 11.1 Å². The van der Waals surface area contributed by atoms with Crippen molar-refractivity contribution < 1.29 is 18.8 Å². The molecule has 152 valence electrons. The maximum atomic E-state index is 13.7. The number of likely N-dealkylation sites (tertiary alicyclic amines) is 1. The maximum absolute atomic E-state index is 13.7. The van der Waals surface area contributed by atoms with E-state index in [9.17, 15) is 14.0 Å². The second kappa shape index (κ2) is 7.83. The fourth-order valence-electron chi connectivity index (χ4n) is 3.81. The average Bonchev–Trinajstić information content (AvgIpc) is 3.00. The van der Waals surface area contributed by atoms with Crippen molar-refractivity contribution in [1.82, 2.24) is 9.96 Å². The SMILES string of the molecule is Cc1ccc(NC(=O)N2CCC3(CC2)CC(=O)N(Cc2ccccc2)O3)cc1F. The van der Waals surface area contributed by atoms with E-state index < -0.39 is 5.60 Å². The van der Waals surface area contributed by atoms with Crippen LogP contribution in [-0.2, 0) is 16.2 Å². The van der Waals surface area contributed by atoms with Crippen LogP contribution in [0.1, 0.15) is 30.4 Å². The minimum atomic E-state index is -0.543. The number of anilines is 1. The molecule has 7 heteroatoms. The van der Waals surface area contributed by atoms with E-state index in [0.717, 1.165) is 5.56 Å². The molecule has 4 rings (SSSR count). The molecule has 0 unspecified atom stereocenters. The van der Waals surface area contributed by atoms with E-state index in [1.807, 2.05) is 30.3 Å². The minimum Gasteiger partial charge on any atom is -0.324 e. The number of hydroxylamine groups is 2. The summed E-state index contributed by atoms with van der Waals surface area (Å²) in [5.41, 5.74) is 1.43. The molecule has 1 N–H and O–H groups in total. The van der Waals surface area contributed by atoms with Gasteiger partial charge < -0.3 is 10.2 Å². The Morgan fingerprint density at radius 1 is 1.17 bits per heavy atom. The Balaban J connectivity index is 1.33. The molecule has 6 nitrogen and oxygen atoms in total. The van der Waals surface area contributed by atoms with E-state index in [4.69, 9.17) is 4.84 Å². The van der Waals surface area contributed by atoms with Crippen LogP contribution in [0.2, 0.25) is 0 Å². The molecule has 3 amide bonds. The number of hydrogen-bond donors (Lipinski definition) is 1. The van der Waals surface area contributed by atoms with Gasteiger partial charge in [-0.15, -0.1) is 0 Å². The van der Waals surface area contributed by atoms with Crippen LogP contribution in [0, 0.1) is 12.7 Å². The molecule has 2 aliphatic heterocycles. The largest absolute Gasteiger partial charge is 0.324 e. The Kier molecular flexibility index (Phi) is 5.24. The van der Waals surface area contributed by atoms with Crippen LogP contribution in [0.5, 0.6) is 0 Å². The number of urea groups is 1. The van der Waals surface area contributed by atoms with Gasteiger partial charge in [-0.3, -0.25) is 9.63 Å². The molecule has 0 bridgehead atoms. The van der Waals surface area contributed by atoms with Gasteiger partial charge in [0.2, 0.25) is 5.91 Å². The number of carbonyl (C=O) groups is 2. The number of halogens is 1. The highest BCUT2D eigenvalue weighted by Gasteiger charge is 2.47. The minimum absolute atomic E-state index is 0.0260. The molecule has 2 fully saturated rings. The van der Waals surface area contributed by atoms with Crippen LogP contribution >= 0.6 is 0 Å². The lowest BCUT2D eigenvalue weighted by atomic mass is 9.89. The Morgan fingerprint density at radius 2 is 1.90 bits per heavy atom. The number of aryl methyl sites for hydroxylation is 1. The summed E-state index contributed by atoms with van der Waals surface area (Å²) in [5, 5.41) is 4.18. The third kappa shape index (κ3) is 4.24. The molecular weight excluding hydrogens is 373 g/mol. The average molecular weight is 397 g/mol. The number of nitrogens with zero attached hydrogens (tertiary/aromatic N) is 2. The lowest BCUT2D eigenvalue weighted by Gasteiger charge is -2.37. The van der Waals surface area contributed by atoms with Crippen molar-refractivity contribution in [2.24, 2.45) is 0 Å². The monoisotopic (exact) mass is 397 g/mol. The van der Waals surface area contributed by atoms with Crippen LogP contribution in [0.4, 0.5) is 14.9 Å². The summed E-state index contributed by atoms with van der Waals surface area (Å²) < 4.78 is 13.7. The number of hydrogen-bond acceptors (Lipinski definition) is 3. The van der Waals surface area contributed by atoms with Crippen molar-refractivity contribution in [3.05, 3.63) is 65.5 Å². The highest BCUT2D eigenvalue weighted by molar-refractivity contribution is 5.89. The van der Waals surface area contributed by atoms with Gasteiger partial charge in [0.15, 0.2) is 0 Å². The quantitative estimate of drug-likeness (QED) is 0.855. The number of piperidine rings is 1. The first-order valence-corrected chi connectivity index (χ1v) is 9.80. The Hall–Kier alpha value is -2.93. The van der Waals surface area contributed by atoms with Crippen molar-refractivity contribution in [2.45, 2.75) is 38.3 Å². The molecule has 0 saturated carbocycles. The lowest BCUT2D eigenvalue weighted by molar-refractivity contribution is -0.212. The summed E-state index contributed by atoms with van der Waals surface area (Å²) in [4.78, 5) is 32.7. The first kappa shape index (κ1) is 19.4. The van der Waals surface area contributed by atoms with Gasteiger partial charge in [0.25, 0.3) is 0 Å². The number of rotatable bonds is 3. The fourth-order valence-corrected chi connectivity index (χ4v) is 3.81. The molecule has 0 aromatic heterocycles. The van der Waals surface area contributed by atoms with Crippen molar-refractivity contribution in [2.75, 3.05) is 18.4 Å². The van der Waals surface area contributed by atoms with Crippen molar-refractivity contribution in [1.29, 1.82) is 0 Å². The van der Waals surface area contributed by atoms with Gasteiger partial charge in [0.05, 0.1) is 13.0 Å². The first-order valence-electron chi connectivity index (χ1n) is 9.80. The Bertz CT molecular complexity index is 911. The zero-order valence-corrected chi connectivity index (χ0v) is 16.4. The number of amides is 3. The summed E-state index contributed by atoms with van der Waals surface area (Å²) in [5.74, 6) is -0.376. The number of carbonyl (C=O) groups excluding carboxylic acids is 2. The van der Waals surface area contributed by atoms with E-state index in [0.29, 0.717) is 50.1 Å². The van der Waals surface area contributed by atoms with Gasteiger partial charge in [0.1, 0.15) is 11.4 Å². The molecule has 29 heavy (non-hydrogen) atoms. The molecule has 2 saturated heterocycles. The van der Waals surface area contributed by atoms with Gasteiger partial charge in [0, 0.05) is 18.8 Å². The van der Waals surface area contributed by atoms with Crippen LogP contribution in [0.15, 0.2) is 48.5 Å². The molecule has 0 radical (unpaired) electrons. The summed E-state index contributed by atoms with van der Waals surface area (Å²) >= 11 is 0. The Morgan fingerprint density at radius 3 is 2.59 bits per heavy atom. The first-order chi connectivity index (χ1) is 13.9. The van der Waals surface area contributed by atoms with Crippen molar-refractivity contribution in [3.63, 3.8) is 0 Å².